The van der Waals surface area contributed by atoms with Gasteiger partial charge in [-0.1, -0.05) is 23.7 Å². The SMILES string of the molecule is O=Cc1[nH]c2c(Br)cccc2c1Cl. The molecule has 0 spiro atoms. The van der Waals surface area contributed by atoms with Gasteiger partial charge < -0.3 is 4.98 Å². The van der Waals surface area contributed by atoms with Crippen molar-refractivity contribution >= 4 is 44.7 Å². The highest BCUT2D eigenvalue weighted by Crippen LogP contribution is 2.30. The fraction of sp³-hybridized carbons (Fsp3) is 0. The number of para-hydroxylation sites is 1. The van der Waals surface area contributed by atoms with Crippen LogP contribution in [0.25, 0.3) is 10.9 Å². The Hall–Kier alpha value is -0.800. The molecule has 0 radical (unpaired) electrons. The summed E-state index contributed by atoms with van der Waals surface area (Å²) in [4.78, 5) is 13.5. The first-order valence-electron chi connectivity index (χ1n) is 3.65. The molecule has 1 N–H and O–H groups in total. The number of hydrogen-bond donors (Lipinski definition) is 1. The van der Waals surface area contributed by atoms with Crippen LogP contribution in [0, 0.1) is 0 Å². The van der Waals surface area contributed by atoms with Crippen molar-refractivity contribution in [2.75, 3.05) is 0 Å². The minimum Gasteiger partial charge on any atom is -0.350 e. The van der Waals surface area contributed by atoms with E-state index in [9.17, 15) is 4.79 Å². The lowest BCUT2D eigenvalue weighted by Gasteiger charge is -1.91. The maximum absolute atomic E-state index is 10.6. The molecule has 0 fully saturated rings. The number of H-pyrrole nitrogens is 1. The molecule has 1 heterocycles. The van der Waals surface area contributed by atoms with Gasteiger partial charge in [0, 0.05) is 9.86 Å². The number of rotatable bonds is 1. The van der Waals surface area contributed by atoms with Crippen molar-refractivity contribution in [1.29, 1.82) is 0 Å². The number of hydrogen-bond acceptors (Lipinski definition) is 1. The molecule has 2 aromatic rings. The van der Waals surface area contributed by atoms with E-state index in [0.717, 1.165) is 21.7 Å². The van der Waals surface area contributed by atoms with Crippen LogP contribution in [-0.4, -0.2) is 11.3 Å². The molecule has 1 aromatic carbocycles. The zero-order valence-electron chi connectivity index (χ0n) is 6.47. The average molecular weight is 259 g/mol. The Balaban J connectivity index is 2.91. The van der Waals surface area contributed by atoms with Gasteiger partial charge in [-0.3, -0.25) is 4.79 Å². The van der Waals surface area contributed by atoms with Gasteiger partial charge in [0.2, 0.25) is 0 Å². The third kappa shape index (κ3) is 1.28. The molecule has 0 aliphatic carbocycles. The van der Waals surface area contributed by atoms with Gasteiger partial charge in [0.25, 0.3) is 0 Å². The summed E-state index contributed by atoms with van der Waals surface area (Å²) in [5.41, 5.74) is 1.28. The molecule has 4 heteroatoms. The van der Waals surface area contributed by atoms with E-state index < -0.39 is 0 Å². The molecule has 13 heavy (non-hydrogen) atoms. The van der Waals surface area contributed by atoms with Crippen LogP contribution in [0.15, 0.2) is 22.7 Å². The monoisotopic (exact) mass is 257 g/mol. The number of halogens is 2. The predicted molar refractivity (Wildman–Crippen MR) is 56.4 cm³/mol. The van der Waals surface area contributed by atoms with E-state index in [0.29, 0.717) is 10.7 Å². The van der Waals surface area contributed by atoms with Crippen molar-refractivity contribution in [3.8, 4) is 0 Å². The molecule has 0 saturated heterocycles. The summed E-state index contributed by atoms with van der Waals surface area (Å²) in [6.45, 7) is 0. The number of aldehydes is 1. The van der Waals surface area contributed by atoms with Crippen LogP contribution >= 0.6 is 27.5 Å². The molecular weight excluding hydrogens is 253 g/mol. The second-order valence-corrected chi connectivity index (χ2v) is 3.87. The van der Waals surface area contributed by atoms with Crippen molar-refractivity contribution < 1.29 is 4.79 Å². The molecule has 0 amide bonds. The predicted octanol–water partition coefficient (Wildman–Crippen LogP) is 3.40. The second-order valence-electron chi connectivity index (χ2n) is 2.63. The van der Waals surface area contributed by atoms with Crippen LogP contribution in [0.3, 0.4) is 0 Å². The van der Waals surface area contributed by atoms with Crippen molar-refractivity contribution in [2.45, 2.75) is 0 Å². The molecule has 2 nitrogen and oxygen atoms in total. The Morgan fingerprint density at radius 3 is 2.85 bits per heavy atom. The smallest absolute Gasteiger partial charge is 0.167 e. The van der Waals surface area contributed by atoms with Gasteiger partial charge in [0.15, 0.2) is 6.29 Å². The van der Waals surface area contributed by atoms with Gasteiger partial charge >= 0.3 is 0 Å². The standard InChI is InChI=1S/C9H5BrClNO/c10-6-3-1-2-5-8(11)7(4-13)12-9(5)6/h1-4,12H. The van der Waals surface area contributed by atoms with Gasteiger partial charge in [-0.05, 0) is 22.0 Å². The van der Waals surface area contributed by atoms with Crippen LogP contribution in [0.2, 0.25) is 5.02 Å². The Morgan fingerprint density at radius 2 is 2.23 bits per heavy atom. The van der Waals surface area contributed by atoms with Crippen molar-refractivity contribution in [1.82, 2.24) is 4.98 Å². The fourth-order valence-corrected chi connectivity index (χ4v) is 1.96. The maximum atomic E-state index is 10.6. The molecule has 0 aliphatic rings. The number of benzene rings is 1. The van der Waals surface area contributed by atoms with Gasteiger partial charge in [-0.15, -0.1) is 0 Å². The summed E-state index contributed by atoms with van der Waals surface area (Å²) in [6, 6.07) is 5.64. The Morgan fingerprint density at radius 1 is 1.46 bits per heavy atom. The van der Waals surface area contributed by atoms with Crippen molar-refractivity contribution in [2.24, 2.45) is 0 Å². The molecule has 0 atom stereocenters. The average Bonchev–Trinajstić information content (AvgIpc) is 2.45. The number of aromatic amines is 1. The van der Waals surface area contributed by atoms with E-state index in [-0.39, 0.29) is 0 Å². The molecule has 66 valence electrons. The highest BCUT2D eigenvalue weighted by atomic mass is 79.9. The Labute approximate surface area is 88.0 Å². The third-order valence-corrected chi connectivity index (χ3v) is 2.93. The molecule has 0 unspecified atom stereocenters. The van der Waals surface area contributed by atoms with Gasteiger partial charge in [-0.25, -0.2) is 0 Å². The van der Waals surface area contributed by atoms with E-state index >= 15 is 0 Å². The van der Waals surface area contributed by atoms with Crippen LogP contribution in [0.4, 0.5) is 0 Å². The maximum Gasteiger partial charge on any atom is 0.167 e. The lowest BCUT2D eigenvalue weighted by molar-refractivity contribution is 0.112. The first-order valence-corrected chi connectivity index (χ1v) is 4.82. The zero-order chi connectivity index (χ0) is 9.42. The molecule has 2 rings (SSSR count). The van der Waals surface area contributed by atoms with E-state index in [2.05, 4.69) is 20.9 Å². The van der Waals surface area contributed by atoms with Crippen molar-refractivity contribution in [3.05, 3.63) is 33.4 Å². The van der Waals surface area contributed by atoms with Gasteiger partial charge in [0.1, 0.15) is 0 Å². The minimum absolute atomic E-state index is 0.420. The fourth-order valence-electron chi connectivity index (χ4n) is 1.25. The Kier molecular flexibility index (Phi) is 2.14. The zero-order valence-corrected chi connectivity index (χ0v) is 8.82. The summed E-state index contributed by atoms with van der Waals surface area (Å²) in [5, 5.41) is 1.34. The summed E-state index contributed by atoms with van der Waals surface area (Å²) in [5.74, 6) is 0. The topological polar surface area (TPSA) is 32.9 Å². The van der Waals surface area contributed by atoms with Crippen molar-refractivity contribution in [3.63, 3.8) is 0 Å². The largest absolute Gasteiger partial charge is 0.350 e. The summed E-state index contributed by atoms with van der Waals surface area (Å²) >= 11 is 9.31. The van der Waals surface area contributed by atoms with E-state index in [1.54, 1.807) is 0 Å². The molecule has 1 aromatic heterocycles. The lowest BCUT2D eigenvalue weighted by atomic mass is 10.2. The molecule has 0 aliphatic heterocycles. The van der Waals surface area contributed by atoms with Gasteiger partial charge in [0.05, 0.1) is 16.2 Å². The van der Waals surface area contributed by atoms with Crippen LogP contribution in [-0.2, 0) is 0 Å². The highest BCUT2D eigenvalue weighted by molar-refractivity contribution is 9.10. The minimum atomic E-state index is 0.420. The van der Waals surface area contributed by atoms with E-state index in [1.165, 1.54) is 0 Å². The van der Waals surface area contributed by atoms with Crippen LogP contribution in [0.5, 0.6) is 0 Å². The van der Waals surface area contributed by atoms with Gasteiger partial charge in [-0.2, -0.15) is 0 Å². The lowest BCUT2D eigenvalue weighted by Crippen LogP contribution is -1.77. The third-order valence-electron chi connectivity index (χ3n) is 1.86. The van der Waals surface area contributed by atoms with E-state index in [1.807, 2.05) is 18.2 Å². The number of aromatic nitrogens is 1. The first kappa shape index (κ1) is 8.78. The molecule has 0 saturated carbocycles. The summed E-state index contributed by atoms with van der Waals surface area (Å²) < 4.78 is 0.903. The quantitative estimate of drug-likeness (QED) is 0.781. The first-order chi connectivity index (χ1) is 6.24. The number of carbonyl (C=O) groups is 1. The van der Waals surface area contributed by atoms with Crippen LogP contribution in [0.1, 0.15) is 10.5 Å². The normalized spacial score (nSPS) is 10.6. The highest BCUT2D eigenvalue weighted by Gasteiger charge is 2.09. The number of fused-ring (bicyclic) bond motifs is 1. The second kappa shape index (κ2) is 3.16. The number of carbonyl (C=O) groups excluding carboxylic acids is 1. The molecule has 0 bridgehead atoms. The summed E-state index contributed by atoms with van der Waals surface area (Å²) in [6.07, 6.45) is 0.717. The molecular formula is C9H5BrClNO. The number of nitrogens with one attached hydrogen (secondary N) is 1. The Bertz CT molecular complexity index is 478. The summed E-state index contributed by atoms with van der Waals surface area (Å²) in [7, 11) is 0. The van der Waals surface area contributed by atoms with E-state index in [4.69, 9.17) is 11.6 Å². The van der Waals surface area contributed by atoms with Crippen LogP contribution < -0.4 is 0 Å².